The van der Waals surface area contributed by atoms with Crippen molar-refractivity contribution in [1.82, 2.24) is 5.32 Å². The fourth-order valence-electron chi connectivity index (χ4n) is 3.48. The van der Waals surface area contributed by atoms with E-state index in [1.807, 2.05) is 0 Å². The van der Waals surface area contributed by atoms with E-state index in [0.29, 0.717) is 0 Å². The minimum atomic E-state index is 0.833. The molecule has 3 atom stereocenters. The molecule has 14 heavy (non-hydrogen) atoms. The van der Waals surface area contributed by atoms with Crippen molar-refractivity contribution in [3.8, 4) is 0 Å². The van der Waals surface area contributed by atoms with Crippen molar-refractivity contribution in [3.05, 3.63) is 12.2 Å². The van der Waals surface area contributed by atoms with Gasteiger partial charge in [-0.15, -0.1) is 0 Å². The summed E-state index contributed by atoms with van der Waals surface area (Å²) >= 11 is 0. The highest BCUT2D eigenvalue weighted by molar-refractivity contribution is 5.12. The Morgan fingerprint density at radius 2 is 2.07 bits per heavy atom. The van der Waals surface area contributed by atoms with Gasteiger partial charge in [0.2, 0.25) is 0 Å². The lowest BCUT2D eigenvalue weighted by atomic mass is 9.71. The Balaban J connectivity index is 1.43. The molecule has 2 fully saturated rings. The fourth-order valence-corrected chi connectivity index (χ4v) is 3.48. The Morgan fingerprint density at radius 1 is 1.21 bits per heavy atom. The summed E-state index contributed by atoms with van der Waals surface area (Å²) in [5.74, 6) is 2.91. The van der Waals surface area contributed by atoms with Crippen molar-refractivity contribution < 1.29 is 0 Å². The van der Waals surface area contributed by atoms with Gasteiger partial charge in [0.1, 0.15) is 0 Å². The van der Waals surface area contributed by atoms with Crippen LogP contribution in [0.15, 0.2) is 12.2 Å². The minimum Gasteiger partial charge on any atom is -0.313 e. The first kappa shape index (κ1) is 8.96. The average Bonchev–Trinajstić information content (AvgIpc) is 2.76. The van der Waals surface area contributed by atoms with Crippen molar-refractivity contribution in [2.45, 2.75) is 44.6 Å². The van der Waals surface area contributed by atoms with E-state index < -0.39 is 0 Å². The van der Waals surface area contributed by atoms with Crippen LogP contribution in [0.3, 0.4) is 0 Å². The highest BCUT2D eigenvalue weighted by Gasteiger charge is 2.40. The van der Waals surface area contributed by atoms with E-state index in [4.69, 9.17) is 0 Å². The summed E-state index contributed by atoms with van der Waals surface area (Å²) in [5, 5.41) is 3.78. The Morgan fingerprint density at radius 3 is 2.86 bits per heavy atom. The van der Waals surface area contributed by atoms with Crippen molar-refractivity contribution in [2.75, 3.05) is 6.54 Å². The molecule has 0 heterocycles. The van der Waals surface area contributed by atoms with Crippen LogP contribution in [0.5, 0.6) is 0 Å². The van der Waals surface area contributed by atoms with Crippen molar-refractivity contribution in [2.24, 2.45) is 17.8 Å². The molecule has 3 unspecified atom stereocenters. The molecule has 0 bridgehead atoms. The quantitative estimate of drug-likeness (QED) is 0.676. The van der Waals surface area contributed by atoms with Gasteiger partial charge in [-0.2, -0.15) is 0 Å². The third-order valence-corrected chi connectivity index (χ3v) is 4.51. The number of rotatable bonds is 3. The van der Waals surface area contributed by atoms with Gasteiger partial charge in [-0.25, -0.2) is 0 Å². The molecule has 0 aromatic heterocycles. The highest BCUT2D eigenvalue weighted by Crippen LogP contribution is 2.42. The molecule has 3 rings (SSSR count). The second kappa shape index (κ2) is 3.69. The molecule has 1 N–H and O–H groups in total. The van der Waals surface area contributed by atoms with Crippen LogP contribution in [-0.4, -0.2) is 12.6 Å². The molecule has 0 aromatic carbocycles. The Hall–Kier alpha value is -0.300. The molecule has 0 amide bonds. The van der Waals surface area contributed by atoms with Crippen LogP contribution in [0.25, 0.3) is 0 Å². The van der Waals surface area contributed by atoms with Gasteiger partial charge < -0.3 is 5.32 Å². The van der Waals surface area contributed by atoms with E-state index in [-0.39, 0.29) is 0 Å². The maximum atomic E-state index is 3.78. The molecule has 0 radical (unpaired) electrons. The molecule has 1 heteroatoms. The number of allylic oxidation sites excluding steroid dienone is 1. The van der Waals surface area contributed by atoms with E-state index in [9.17, 15) is 0 Å². The lowest BCUT2D eigenvalue weighted by Crippen LogP contribution is -2.49. The third-order valence-electron chi connectivity index (χ3n) is 4.51. The van der Waals surface area contributed by atoms with E-state index in [0.717, 1.165) is 23.8 Å². The molecule has 0 aromatic rings. The van der Waals surface area contributed by atoms with Gasteiger partial charge in [-0.05, 0) is 50.0 Å². The number of hydrogen-bond acceptors (Lipinski definition) is 1. The minimum absolute atomic E-state index is 0.833. The molecule has 0 saturated heterocycles. The third kappa shape index (κ3) is 1.52. The molecule has 0 aliphatic heterocycles. The van der Waals surface area contributed by atoms with Gasteiger partial charge in [0.15, 0.2) is 0 Å². The molecule has 3 aliphatic carbocycles. The van der Waals surface area contributed by atoms with E-state index in [1.165, 1.54) is 45.1 Å². The lowest BCUT2D eigenvalue weighted by molar-refractivity contribution is 0.158. The summed E-state index contributed by atoms with van der Waals surface area (Å²) in [4.78, 5) is 0. The predicted molar refractivity (Wildman–Crippen MR) is 59.1 cm³/mol. The van der Waals surface area contributed by atoms with Crippen molar-refractivity contribution >= 4 is 0 Å². The summed E-state index contributed by atoms with van der Waals surface area (Å²) in [6.07, 6.45) is 13.5. The van der Waals surface area contributed by atoms with Crippen molar-refractivity contribution in [3.63, 3.8) is 0 Å². The summed E-state index contributed by atoms with van der Waals surface area (Å²) < 4.78 is 0. The Labute approximate surface area is 87.0 Å². The summed E-state index contributed by atoms with van der Waals surface area (Å²) in [6, 6.07) is 0.833. The van der Waals surface area contributed by atoms with Gasteiger partial charge in [0.05, 0.1) is 0 Å². The first-order valence-electron chi connectivity index (χ1n) is 6.33. The lowest BCUT2D eigenvalue weighted by Gasteiger charge is -2.41. The largest absolute Gasteiger partial charge is 0.313 e. The van der Waals surface area contributed by atoms with E-state index in [1.54, 1.807) is 0 Å². The maximum Gasteiger partial charge on any atom is 0.0136 e. The smallest absolute Gasteiger partial charge is 0.0136 e. The normalized spacial score (nSPS) is 41.3. The van der Waals surface area contributed by atoms with Gasteiger partial charge in [0, 0.05) is 6.04 Å². The van der Waals surface area contributed by atoms with Gasteiger partial charge >= 0.3 is 0 Å². The average molecular weight is 191 g/mol. The van der Waals surface area contributed by atoms with Crippen molar-refractivity contribution in [1.29, 1.82) is 0 Å². The Bertz CT molecular complexity index is 227. The monoisotopic (exact) mass is 191 g/mol. The van der Waals surface area contributed by atoms with E-state index in [2.05, 4.69) is 17.5 Å². The van der Waals surface area contributed by atoms with Crippen LogP contribution in [0.2, 0.25) is 0 Å². The van der Waals surface area contributed by atoms with Crippen LogP contribution in [0.4, 0.5) is 0 Å². The molecule has 78 valence electrons. The highest BCUT2D eigenvalue weighted by atomic mass is 14.9. The first-order valence-corrected chi connectivity index (χ1v) is 6.33. The summed E-state index contributed by atoms with van der Waals surface area (Å²) in [5.41, 5.74) is 0. The topological polar surface area (TPSA) is 12.0 Å². The summed E-state index contributed by atoms with van der Waals surface area (Å²) in [7, 11) is 0. The zero-order chi connectivity index (χ0) is 9.38. The predicted octanol–water partition coefficient (Wildman–Crippen LogP) is 2.73. The zero-order valence-corrected chi connectivity index (χ0v) is 8.91. The van der Waals surface area contributed by atoms with Crippen LogP contribution in [-0.2, 0) is 0 Å². The number of fused-ring (bicyclic) bond motifs is 1. The van der Waals surface area contributed by atoms with Crippen LogP contribution in [0, 0.1) is 17.8 Å². The molecule has 3 aliphatic rings. The second-order valence-electron chi connectivity index (χ2n) is 5.40. The molecular weight excluding hydrogens is 170 g/mol. The molecule has 1 nitrogen and oxygen atoms in total. The van der Waals surface area contributed by atoms with Gasteiger partial charge in [-0.3, -0.25) is 0 Å². The number of nitrogens with one attached hydrogen (secondary N) is 1. The maximum absolute atomic E-state index is 3.78. The van der Waals surface area contributed by atoms with Crippen LogP contribution >= 0.6 is 0 Å². The molecular formula is C13H21N. The first-order chi connectivity index (χ1) is 6.93. The van der Waals surface area contributed by atoms with Crippen LogP contribution < -0.4 is 5.32 Å². The molecule has 0 spiro atoms. The Kier molecular flexibility index (Phi) is 2.36. The van der Waals surface area contributed by atoms with E-state index >= 15 is 0 Å². The SMILES string of the molecule is C1=CC2C(C1)CC2NCC1CCCC1. The zero-order valence-electron chi connectivity index (χ0n) is 8.91. The van der Waals surface area contributed by atoms with Crippen LogP contribution in [0.1, 0.15) is 38.5 Å². The fraction of sp³-hybridized carbons (Fsp3) is 0.846. The van der Waals surface area contributed by atoms with Gasteiger partial charge in [-0.1, -0.05) is 25.0 Å². The number of hydrogen-bond donors (Lipinski definition) is 1. The van der Waals surface area contributed by atoms with Gasteiger partial charge in [0.25, 0.3) is 0 Å². The molecule has 2 saturated carbocycles. The standard InChI is InChI=1S/C13H21N/c1-2-5-10(4-1)9-14-13-8-11-6-3-7-12(11)13/h3,7,10-14H,1-2,4-6,8-9H2. The summed E-state index contributed by atoms with van der Waals surface area (Å²) in [6.45, 7) is 1.29. The second-order valence-corrected chi connectivity index (χ2v) is 5.40.